The predicted molar refractivity (Wildman–Crippen MR) is 61.1 cm³/mol. The molecule has 1 heterocycles. The lowest BCUT2D eigenvalue weighted by molar-refractivity contribution is -0.137. The second kappa shape index (κ2) is 4.83. The second-order valence-corrected chi connectivity index (χ2v) is 3.82. The number of carbonyl (C=O) groups excluding carboxylic acids is 1. The van der Waals surface area contributed by atoms with Crippen LogP contribution in [0, 0.1) is 0 Å². The SMILES string of the molecule is CCc1c(C=O)nnn1-c1ccccc1C(F)(F)F. The number of benzene rings is 1. The lowest BCUT2D eigenvalue weighted by Gasteiger charge is -2.13. The molecule has 0 amide bonds. The van der Waals surface area contributed by atoms with Crippen LogP contribution in [0.1, 0.15) is 28.7 Å². The van der Waals surface area contributed by atoms with Gasteiger partial charge in [-0.3, -0.25) is 4.79 Å². The standard InChI is InChI=1S/C12H10F3N3O/c1-2-10-9(7-19)16-17-18(10)11-6-4-3-5-8(11)12(13,14)15/h3-7H,2H2,1H3. The van der Waals surface area contributed by atoms with Gasteiger partial charge in [0.2, 0.25) is 0 Å². The van der Waals surface area contributed by atoms with Crippen LogP contribution in [0.15, 0.2) is 24.3 Å². The highest BCUT2D eigenvalue weighted by Crippen LogP contribution is 2.33. The molecular formula is C12H10F3N3O. The molecule has 0 aliphatic carbocycles. The van der Waals surface area contributed by atoms with E-state index in [0.717, 1.165) is 10.7 Å². The number of aldehydes is 1. The first-order chi connectivity index (χ1) is 8.99. The molecule has 2 rings (SSSR count). The summed E-state index contributed by atoms with van der Waals surface area (Å²) >= 11 is 0. The van der Waals surface area contributed by atoms with Gasteiger partial charge in [0.05, 0.1) is 16.9 Å². The Morgan fingerprint density at radius 2 is 2.00 bits per heavy atom. The van der Waals surface area contributed by atoms with Gasteiger partial charge in [-0.25, -0.2) is 4.68 Å². The molecule has 0 bridgehead atoms. The third-order valence-electron chi connectivity index (χ3n) is 2.68. The lowest BCUT2D eigenvalue weighted by atomic mass is 10.1. The number of hydrogen-bond donors (Lipinski definition) is 0. The van der Waals surface area contributed by atoms with Crippen molar-refractivity contribution in [2.45, 2.75) is 19.5 Å². The molecule has 100 valence electrons. The average molecular weight is 269 g/mol. The maximum Gasteiger partial charge on any atom is 0.418 e. The van der Waals surface area contributed by atoms with E-state index in [0.29, 0.717) is 18.4 Å². The van der Waals surface area contributed by atoms with Gasteiger partial charge in [-0.2, -0.15) is 13.2 Å². The monoisotopic (exact) mass is 269 g/mol. The van der Waals surface area contributed by atoms with E-state index < -0.39 is 11.7 Å². The van der Waals surface area contributed by atoms with Crippen LogP contribution in [0.2, 0.25) is 0 Å². The third-order valence-corrected chi connectivity index (χ3v) is 2.68. The summed E-state index contributed by atoms with van der Waals surface area (Å²) in [6, 6.07) is 5.05. The van der Waals surface area contributed by atoms with Crippen molar-refractivity contribution in [2.75, 3.05) is 0 Å². The van der Waals surface area contributed by atoms with Gasteiger partial charge in [0.1, 0.15) is 5.69 Å². The molecule has 0 aliphatic heterocycles. The maximum atomic E-state index is 12.9. The van der Waals surface area contributed by atoms with Gasteiger partial charge < -0.3 is 0 Å². The topological polar surface area (TPSA) is 47.8 Å². The van der Waals surface area contributed by atoms with E-state index >= 15 is 0 Å². The Bertz CT molecular complexity index is 605. The van der Waals surface area contributed by atoms with Gasteiger partial charge in [-0.1, -0.05) is 24.3 Å². The van der Waals surface area contributed by atoms with Crippen LogP contribution in [0.4, 0.5) is 13.2 Å². The van der Waals surface area contributed by atoms with Crippen molar-refractivity contribution >= 4 is 6.29 Å². The van der Waals surface area contributed by atoms with Crippen molar-refractivity contribution in [1.82, 2.24) is 15.0 Å². The van der Waals surface area contributed by atoms with Crippen LogP contribution in [0.5, 0.6) is 0 Å². The van der Waals surface area contributed by atoms with Gasteiger partial charge in [0, 0.05) is 0 Å². The van der Waals surface area contributed by atoms with Crippen molar-refractivity contribution in [3.05, 3.63) is 41.2 Å². The van der Waals surface area contributed by atoms with E-state index in [4.69, 9.17) is 0 Å². The van der Waals surface area contributed by atoms with Gasteiger partial charge >= 0.3 is 6.18 Å². The molecule has 4 nitrogen and oxygen atoms in total. The molecule has 1 aromatic heterocycles. The van der Waals surface area contributed by atoms with Gasteiger partial charge in [0.25, 0.3) is 0 Å². The molecule has 0 fully saturated rings. The molecular weight excluding hydrogens is 259 g/mol. The molecule has 1 aromatic carbocycles. The predicted octanol–water partition coefficient (Wildman–Crippen LogP) is 2.66. The fourth-order valence-corrected chi connectivity index (χ4v) is 1.83. The molecule has 0 radical (unpaired) electrons. The highest BCUT2D eigenvalue weighted by atomic mass is 19.4. The summed E-state index contributed by atoms with van der Waals surface area (Å²) < 4.78 is 39.8. The number of para-hydroxylation sites is 1. The summed E-state index contributed by atoms with van der Waals surface area (Å²) in [4.78, 5) is 10.8. The second-order valence-electron chi connectivity index (χ2n) is 3.82. The van der Waals surface area contributed by atoms with Gasteiger partial charge in [-0.05, 0) is 18.6 Å². The fourth-order valence-electron chi connectivity index (χ4n) is 1.83. The molecule has 0 N–H and O–H groups in total. The van der Waals surface area contributed by atoms with E-state index in [1.165, 1.54) is 18.2 Å². The first-order valence-corrected chi connectivity index (χ1v) is 5.55. The molecule has 0 unspecified atom stereocenters. The Hall–Kier alpha value is -2.18. The van der Waals surface area contributed by atoms with E-state index in [1.807, 2.05) is 0 Å². The number of rotatable bonds is 3. The summed E-state index contributed by atoms with van der Waals surface area (Å²) in [5.41, 5.74) is -0.536. The van der Waals surface area contributed by atoms with Crippen LogP contribution < -0.4 is 0 Å². The third kappa shape index (κ3) is 2.35. The molecule has 0 saturated heterocycles. The quantitative estimate of drug-likeness (QED) is 0.805. The summed E-state index contributed by atoms with van der Waals surface area (Å²) in [6.45, 7) is 1.72. The van der Waals surface area contributed by atoms with Crippen LogP contribution in [0.3, 0.4) is 0 Å². The smallest absolute Gasteiger partial charge is 0.296 e. The molecule has 0 atom stereocenters. The van der Waals surface area contributed by atoms with Gasteiger partial charge in [-0.15, -0.1) is 5.10 Å². The Morgan fingerprint density at radius 3 is 2.58 bits per heavy atom. The van der Waals surface area contributed by atoms with Crippen LogP contribution >= 0.6 is 0 Å². The minimum atomic E-state index is -4.49. The summed E-state index contributed by atoms with van der Waals surface area (Å²) in [5.74, 6) is 0. The lowest BCUT2D eigenvalue weighted by Crippen LogP contribution is -2.13. The van der Waals surface area contributed by atoms with Crippen molar-refractivity contribution in [3.63, 3.8) is 0 Å². The van der Waals surface area contributed by atoms with Crippen molar-refractivity contribution in [1.29, 1.82) is 0 Å². The van der Waals surface area contributed by atoms with Crippen molar-refractivity contribution < 1.29 is 18.0 Å². The maximum absolute atomic E-state index is 12.9. The number of carbonyl (C=O) groups is 1. The molecule has 0 spiro atoms. The van der Waals surface area contributed by atoms with E-state index in [1.54, 1.807) is 6.92 Å². The Balaban J connectivity index is 2.66. The molecule has 19 heavy (non-hydrogen) atoms. The van der Waals surface area contributed by atoms with E-state index in [9.17, 15) is 18.0 Å². The Morgan fingerprint density at radius 1 is 1.32 bits per heavy atom. The highest BCUT2D eigenvalue weighted by molar-refractivity contribution is 5.73. The zero-order valence-corrected chi connectivity index (χ0v) is 9.98. The number of hydrogen-bond acceptors (Lipinski definition) is 3. The number of aromatic nitrogens is 3. The zero-order chi connectivity index (χ0) is 14.0. The van der Waals surface area contributed by atoms with Gasteiger partial charge in [0.15, 0.2) is 6.29 Å². The average Bonchev–Trinajstić information content (AvgIpc) is 2.80. The van der Waals surface area contributed by atoms with Crippen LogP contribution in [0.25, 0.3) is 5.69 Å². The molecule has 2 aromatic rings. The minimum Gasteiger partial charge on any atom is -0.296 e. The Labute approximate surface area is 106 Å². The van der Waals surface area contributed by atoms with Crippen LogP contribution in [-0.2, 0) is 12.6 Å². The first kappa shape index (κ1) is 13.3. The van der Waals surface area contributed by atoms with E-state index in [-0.39, 0.29) is 11.4 Å². The zero-order valence-electron chi connectivity index (χ0n) is 9.98. The first-order valence-electron chi connectivity index (χ1n) is 5.55. The largest absolute Gasteiger partial charge is 0.418 e. The van der Waals surface area contributed by atoms with Crippen LogP contribution in [-0.4, -0.2) is 21.3 Å². The van der Waals surface area contributed by atoms with E-state index in [2.05, 4.69) is 10.3 Å². The molecule has 0 aliphatic rings. The molecule has 7 heteroatoms. The van der Waals surface area contributed by atoms with Crippen molar-refractivity contribution in [3.8, 4) is 5.69 Å². The number of nitrogens with zero attached hydrogens (tertiary/aromatic N) is 3. The summed E-state index contributed by atoms with van der Waals surface area (Å²) in [5, 5.41) is 7.22. The number of halogens is 3. The fraction of sp³-hybridized carbons (Fsp3) is 0.250. The summed E-state index contributed by atoms with van der Waals surface area (Å²) in [7, 11) is 0. The Kier molecular flexibility index (Phi) is 3.37. The summed E-state index contributed by atoms with van der Waals surface area (Å²) in [6.07, 6.45) is -3.65. The minimum absolute atomic E-state index is 0.0551. The van der Waals surface area contributed by atoms with Crippen molar-refractivity contribution in [2.24, 2.45) is 0 Å². The highest BCUT2D eigenvalue weighted by Gasteiger charge is 2.34. The normalized spacial score (nSPS) is 11.6. The number of alkyl halides is 3. The molecule has 0 saturated carbocycles.